The predicted molar refractivity (Wildman–Crippen MR) is 249 cm³/mol. The SMILES string of the molecule is CNC12C(O)CC3C[C@H](NC(=O)CCCC(N)=O)CC[C@@]3(C)C1CCC1(C)C(C(C)CCCCOC(=O)CCC(C)C3CCC4C5C(O)CC6CCCCC6C5CCC34C)CCC12. The van der Waals surface area contributed by atoms with Gasteiger partial charge in [0, 0.05) is 25.3 Å². The second-order valence-corrected chi connectivity index (χ2v) is 24.6. The first-order valence-electron chi connectivity index (χ1n) is 26.8. The van der Waals surface area contributed by atoms with Crippen LogP contribution < -0.4 is 16.4 Å². The van der Waals surface area contributed by atoms with Crippen molar-refractivity contribution in [1.82, 2.24) is 10.6 Å². The smallest absolute Gasteiger partial charge is 0.305 e. The van der Waals surface area contributed by atoms with E-state index >= 15 is 0 Å². The third kappa shape index (κ3) is 8.72. The standard InChI is InChI=1S/C54H91N3O6/c1-33(12-9-10-29-63-49(62)22-17-34(2)40-18-19-42-50-39(24-27-52(40,42)4)38-14-8-7-13-35(38)30-43(50)58)41-20-21-44-53(41,5)28-25-45-51(3)26-23-37(57-48(61)16-11-15-47(55)60)31-36(51)32-46(59)54(44,45)56-6/h33-46,50,56,58-59H,7-32H2,1-6H3,(H2,55,60)(H,57,61)/t33?,34?,35?,36?,37-,38?,39?,40?,41?,42?,43?,44?,45?,46?,50?,51-,52?,53?,54?/m1/s1. The predicted octanol–water partition coefficient (Wildman–Crippen LogP) is 9.49. The average Bonchev–Trinajstić information content (AvgIpc) is 3.80. The van der Waals surface area contributed by atoms with Crippen LogP contribution in [0.1, 0.15) is 195 Å². The van der Waals surface area contributed by atoms with Gasteiger partial charge in [0.05, 0.1) is 24.4 Å². The largest absolute Gasteiger partial charge is 0.466 e. The molecule has 0 saturated heterocycles. The van der Waals surface area contributed by atoms with E-state index in [0.717, 1.165) is 88.4 Å². The van der Waals surface area contributed by atoms with Gasteiger partial charge in [-0.2, -0.15) is 0 Å². The normalized spacial score (nSPS) is 46.2. The maximum atomic E-state index is 13.1. The van der Waals surface area contributed by atoms with Crippen molar-refractivity contribution < 1.29 is 29.3 Å². The maximum Gasteiger partial charge on any atom is 0.305 e. The Morgan fingerprint density at radius 1 is 0.714 bits per heavy atom. The van der Waals surface area contributed by atoms with Crippen molar-refractivity contribution in [3.63, 3.8) is 0 Å². The van der Waals surface area contributed by atoms with Gasteiger partial charge in [-0.15, -0.1) is 0 Å². The van der Waals surface area contributed by atoms with Crippen LogP contribution in [0.5, 0.6) is 0 Å². The molecule has 8 aliphatic carbocycles. The van der Waals surface area contributed by atoms with Gasteiger partial charge in [0.15, 0.2) is 0 Å². The molecule has 0 aliphatic heterocycles. The third-order valence-corrected chi connectivity index (χ3v) is 22.0. The lowest BCUT2D eigenvalue weighted by Gasteiger charge is -2.68. The van der Waals surface area contributed by atoms with Gasteiger partial charge in [0.1, 0.15) is 0 Å². The number of fused-ring (bicyclic) bond motifs is 10. The van der Waals surface area contributed by atoms with Crippen LogP contribution >= 0.6 is 0 Å². The average molecular weight is 878 g/mol. The number of amides is 2. The molecule has 6 N–H and O–H groups in total. The van der Waals surface area contributed by atoms with Crippen molar-refractivity contribution >= 4 is 17.8 Å². The van der Waals surface area contributed by atoms with Crippen LogP contribution in [-0.4, -0.2) is 65.4 Å². The highest BCUT2D eigenvalue weighted by molar-refractivity contribution is 5.78. The van der Waals surface area contributed by atoms with Crippen LogP contribution in [0.2, 0.25) is 0 Å². The number of rotatable bonds is 16. The monoisotopic (exact) mass is 878 g/mol. The zero-order valence-electron chi connectivity index (χ0n) is 40.6. The molecule has 63 heavy (non-hydrogen) atoms. The van der Waals surface area contributed by atoms with E-state index in [1.165, 1.54) is 64.2 Å². The molecule has 8 fully saturated rings. The minimum atomic E-state index is -0.417. The molecule has 2 amide bonds. The number of hydrogen-bond acceptors (Lipinski definition) is 7. The first kappa shape index (κ1) is 47.8. The molecule has 0 aromatic heterocycles. The first-order chi connectivity index (χ1) is 30.1. The molecule has 9 heteroatoms. The lowest BCUT2D eigenvalue weighted by atomic mass is 9.40. The number of esters is 1. The van der Waals surface area contributed by atoms with Crippen LogP contribution in [0.15, 0.2) is 0 Å². The second-order valence-electron chi connectivity index (χ2n) is 24.6. The van der Waals surface area contributed by atoms with E-state index in [-0.39, 0.29) is 52.7 Å². The Morgan fingerprint density at radius 2 is 1.41 bits per heavy atom. The van der Waals surface area contributed by atoms with E-state index in [4.69, 9.17) is 10.5 Å². The van der Waals surface area contributed by atoms with E-state index in [2.05, 4.69) is 52.3 Å². The van der Waals surface area contributed by atoms with Gasteiger partial charge >= 0.3 is 5.97 Å². The highest BCUT2D eigenvalue weighted by Crippen LogP contribution is 2.70. The molecule has 19 atom stereocenters. The third-order valence-electron chi connectivity index (χ3n) is 22.0. The fraction of sp³-hybridized carbons (Fsp3) is 0.944. The quantitative estimate of drug-likeness (QED) is 0.0766. The number of unbranched alkanes of at least 4 members (excludes halogenated alkanes) is 1. The Hall–Kier alpha value is -1.71. The summed E-state index contributed by atoms with van der Waals surface area (Å²) < 4.78 is 5.89. The lowest BCUT2D eigenvalue weighted by molar-refractivity contribution is -0.193. The van der Waals surface area contributed by atoms with Gasteiger partial charge in [0.25, 0.3) is 0 Å². The molecule has 8 rings (SSSR count). The number of primary amides is 1. The molecule has 0 spiro atoms. The van der Waals surface area contributed by atoms with Gasteiger partial charge < -0.3 is 31.3 Å². The Labute approximate surface area is 382 Å². The van der Waals surface area contributed by atoms with Crippen molar-refractivity contribution in [3.8, 4) is 0 Å². The number of aliphatic hydroxyl groups excluding tert-OH is 2. The van der Waals surface area contributed by atoms with Crippen LogP contribution in [-0.2, 0) is 19.1 Å². The summed E-state index contributed by atoms with van der Waals surface area (Å²) in [7, 11) is 2.12. The van der Waals surface area contributed by atoms with Crippen molar-refractivity contribution in [1.29, 1.82) is 0 Å². The number of aliphatic hydroxyl groups is 2. The number of carbonyl (C=O) groups is 3. The number of carbonyl (C=O) groups excluding carboxylic acids is 3. The lowest BCUT2D eigenvalue weighted by Crippen LogP contribution is -2.74. The van der Waals surface area contributed by atoms with Gasteiger partial charge in [-0.3, -0.25) is 14.4 Å². The van der Waals surface area contributed by atoms with Crippen molar-refractivity contribution in [2.45, 2.75) is 219 Å². The molecule has 8 saturated carbocycles. The van der Waals surface area contributed by atoms with Gasteiger partial charge in [-0.25, -0.2) is 0 Å². The summed E-state index contributed by atoms with van der Waals surface area (Å²) in [5.41, 5.74) is 5.57. The van der Waals surface area contributed by atoms with E-state index in [1.54, 1.807) is 0 Å². The number of nitrogens with one attached hydrogen (secondary N) is 2. The summed E-state index contributed by atoms with van der Waals surface area (Å²) in [6.45, 7) is 13.0. The number of nitrogens with two attached hydrogens (primary N) is 1. The number of likely N-dealkylation sites (N-methyl/N-ethyl adjacent to an activating group) is 1. The van der Waals surface area contributed by atoms with Crippen molar-refractivity contribution in [2.24, 2.45) is 93.0 Å². The highest BCUT2D eigenvalue weighted by atomic mass is 16.5. The summed E-state index contributed by atoms with van der Waals surface area (Å²) >= 11 is 0. The number of hydrogen-bond donors (Lipinski definition) is 5. The molecular formula is C54H91N3O6. The van der Waals surface area contributed by atoms with E-state index in [0.29, 0.717) is 84.5 Å². The summed E-state index contributed by atoms with van der Waals surface area (Å²) in [6, 6.07) is 0.122. The molecular weight excluding hydrogens is 787 g/mol. The highest BCUT2D eigenvalue weighted by Gasteiger charge is 2.70. The van der Waals surface area contributed by atoms with E-state index in [1.807, 2.05) is 0 Å². The van der Waals surface area contributed by atoms with Crippen LogP contribution in [0.4, 0.5) is 0 Å². The Morgan fingerprint density at radius 3 is 2.19 bits per heavy atom. The molecule has 8 aliphatic rings. The molecule has 0 aromatic carbocycles. The molecule has 358 valence electrons. The van der Waals surface area contributed by atoms with Crippen LogP contribution in [0.3, 0.4) is 0 Å². The fourth-order valence-corrected chi connectivity index (χ4v) is 19.1. The maximum absolute atomic E-state index is 13.1. The molecule has 0 aromatic rings. The molecule has 0 radical (unpaired) electrons. The Bertz CT molecular complexity index is 1620. The zero-order valence-corrected chi connectivity index (χ0v) is 40.6. The van der Waals surface area contributed by atoms with Gasteiger partial charge in [-0.05, 0) is 210 Å². The minimum Gasteiger partial charge on any atom is -0.466 e. The van der Waals surface area contributed by atoms with Gasteiger partial charge in [0.2, 0.25) is 11.8 Å². The van der Waals surface area contributed by atoms with Gasteiger partial charge in [-0.1, -0.05) is 60.3 Å². The van der Waals surface area contributed by atoms with Crippen molar-refractivity contribution in [2.75, 3.05) is 13.7 Å². The Kier molecular flexibility index (Phi) is 14.5. The van der Waals surface area contributed by atoms with E-state index in [9.17, 15) is 24.6 Å². The summed E-state index contributed by atoms with van der Waals surface area (Å²) in [5, 5.41) is 31.0. The molecule has 0 bridgehead atoms. The summed E-state index contributed by atoms with van der Waals surface area (Å²) in [4.78, 5) is 37.0. The second kappa shape index (κ2) is 19.1. The van der Waals surface area contributed by atoms with E-state index < -0.39 is 6.10 Å². The number of ether oxygens (including phenoxy) is 1. The minimum absolute atomic E-state index is 0.00820. The summed E-state index contributed by atoms with van der Waals surface area (Å²) in [6.07, 6.45) is 25.2. The zero-order chi connectivity index (χ0) is 44.9. The molecule has 17 unspecified atom stereocenters. The molecule has 0 heterocycles. The summed E-state index contributed by atoms with van der Waals surface area (Å²) in [5.74, 6) is 6.65. The fourth-order valence-electron chi connectivity index (χ4n) is 19.1. The van der Waals surface area contributed by atoms with Crippen LogP contribution in [0.25, 0.3) is 0 Å². The molecule has 9 nitrogen and oxygen atoms in total. The Balaban J connectivity index is 0.776. The topological polar surface area (TPSA) is 151 Å². The van der Waals surface area contributed by atoms with Crippen molar-refractivity contribution in [3.05, 3.63) is 0 Å². The van der Waals surface area contributed by atoms with Crippen LogP contribution in [0, 0.1) is 87.3 Å². The first-order valence-corrected chi connectivity index (χ1v) is 26.8.